The molecular formula is C23H19N5OS. The second-order valence-corrected chi connectivity index (χ2v) is 7.86. The number of nitrogens with two attached hydrogens (primary N) is 1. The Kier molecular flexibility index (Phi) is 4.94. The summed E-state index contributed by atoms with van der Waals surface area (Å²) in [6, 6.07) is 26.4. The second-order valence-electron chi connectivity index (χ2n) is 6.92. The van der Waals surface area contributed by atoms with E-state index in [0.717, 1.165) is 22.8 Å². The van der Waals surface area contributed by atoms with Gasteiger partial charge in [0.1, 0.15) is 0 Å². The van der Waals surface area contributed by atoms with E-state index in [0.29, 0.717) is 17.3 Å². The maximum Gasteiger partial charge on any atom is 0.210 e. The molecule has 7 heteroatoms. The van der Waals surface area contributed by atoms with E-state index in [2.05, 4.69) is 45.7 Å². The summed E-state index contributed by atoms with van der Waals surface area (Å²) in [5.74, 6) is 8.35. The Morgan fingerprint density at radius 3 is 2.60 bits per heavy atom. The highest BCUT2D eigenvalue weighted by Gasteiger charge is 2.14. The van der Waals surface area contributed by atoms with Gasteiger partial charge in [-0.3, -0.25) is 0 Å². The summed E-state index contributed by atoms with van der Waals surface area (Å²) in [5, 5.41) is 15.8. The fourth-order valence-corrected chi connectivity index (χ4v) is 4.16. The van der Waals surface area contributed by atoms with Gasteiger partial charge >= 0.3 is 0 Å². The zero-order valence-corrected chi connectivity index (χ0v) is 16.9. The maximum absolute atomic E-state index is 6.28. The van der Waals surface area contributed by atoms with Crippen LogP contribution in [0.3, 0.4) is 0 Å². The van der Waals surface area contributed by atoms with Crippen molar-refractivity contribution in [3.63, 3.8) is 0 Å². The fourth-order valence-electron chi connectivity index (χ4n) is 3.40. The van der Waals surface area contributed by atoms with Gasteiger partial charge in [0, 0.05) is 23.8 Å². The highest BCUT2D eigenvalue weighted by molar-refractivity contribution is 7.98. The molecule has 0 aliphatic carbocycles. The Labute approximate surface area is 177 Å². The van der Waals surface area contributed by atoms with Gasteiger partial charge in [-0.05, 0) is 16.3 Å². The summed E-state index contributed by atoms with van der Waals surface area (Å²) in [6.07, 6.45) is 0.619. The second kappa shape index (κ2) is 8.04. The number of thioether (sulfide) groups is 1. The van der Waals surface area contributed by atoms with E-state index >= 15 is 0 Å². The molecule has 0 spiro atoms. The van der Waals surface area contributed by atoms with Crippen molar-refractivity contribution in [1.29, 1.82) is 0 Å². The summed E-state index contributed by atoms with van der Waals surface area (Å²) in [6.45, 7) is 0. The Bertz CT molecular complexity index is 1290. The SMILES string of the molecule is Nn1c(Cc2cccc3ccccc23)nnc1SCc1cc(-c2ccccc2)on1. The lowest BCUT2D eigenvalue weighted by Gasteiger charge is -2.06. The Hall–Kier alpha value is -3.58. The third kappa shape index (κ3) is 3.67. The van der Waals surface area contributed by atoms with Gasteiger partial charge < -0.3 is 10.4 Å². The Morgan fingerprint density at radius 2 is 1.70 bits per heavy atom. The highest BCUT2D eigenvalue weighted by Crippen LogP contribution is 2.26. The van der Waals surface area contributed by atoms with Crippen LogP contribution >= 0.6 is 11.8 Å². The molecule has 0 radical (unpaired) electrons. The molecule has 5 rings (SSSR count). The van der Waals surface area contributed by atoms with Gasteiger partial charge in [-0.2, -0.15) is 0 Å². The zero-order chi connectivity index (χ0) is 20.3. The van der Waals surface area contributed by atoms with Gasteiger partial charge in [-0.1, -0.05) is 89.7 Å². The first-order valence-electron chi connectivity index (χ1n) is 9.58. The Balaban J connectivity index is 1.30. The minimum atomic E-state index is 0.597. The van der Waals surface area contributed by atoms with Gasteiger partial charge in [0.15, 0.2) is 11.6 Å². The largest absolute Gasteiger partial charge is 0.356 e. The molecule has 0 saturated heterocycles. The first-order valence-corrected chi connectivity index (χ1v) is 10.6. The number of benzene rings is 3. The molecule has 0 atom stereocenters. The van der Waals surface area contributed by atoms with Crippen molar-refractivity contribution in [3.05, 3.63) is 95.9 Å². The van der Waals surface area contributed by atoms with Crippen LogP contribution < -0.4 is 5.84 Å². The lowest BCUT2D eigenvalue weighted by Crippen LogP contribution is -2.14. The van der Waals surface area contributed by atoms with E-state index in [1.807, 2.05) is 48.5 Å². The fraction of sp³-hybridized carbons (Fsp3) is 0.0870. The molecule has 0 aliphatic rings. The van der Waals surface area contributed by atoms with Crippen LogP contribution in [-0.2, 0) is 12.2 Å². The van der Waals surface area contributed by atoms with Crippen LogP contribution in [0.5, 0.6) is 0 Å². The van der Waals surface area contributed by atoms with Gasteiger partial charge in [-0.15, -0.1) is 10.2 Å². The van der Waals surface area contributed by atoms with Crippen LogP contribution in [0.2, 0.25) is 0 Å². The van der Waals surface area contributed by atoms with Crippen molar-refractivity contribution >= 4 is 22.5 Å². The maximum atomic E-state index is 6.28. The van der Waals surface area contributed by atoms with Gasteiger partial charge in [0.2, 0.25) is 5.16 Å². The van der Waals surface area contributed by atoms with Crippen molar-refractivity contribution in [2.75, 3.05) is 5.84 Å². The number of nitrogen functional groups attached to an aromatic ring is 1. The number of hydrogen-bond donors (Lipinski definition) is 1. The molecule has 2 N–H and O–H groups in total. The van der Waals surface area contributed by atoms with Gasteiger partial charge in [0.05, 0.1) is 5.69 Å². The number of rotatable bonds is 6. The van der Waals surface area contributed by atoms with E-state index in [9.17, 15) is 0 Å². The van der Waals surface area contributed by atoms with Crippen LogP contribution in [0.25, 0.3) is 22.1 Å². The number of hydrogen-bond acceptors (Lipinski definition) is 6. The average molecular weight is 414 g/mol. The molecule has 148 valence electrons. The van der Waals surface area contributed by atoms with Crippen LogP contribution in [0.4, 0.5) is 0 Å². The van der Waals surface area contributed by atoms with Gasteiger partial charge in [-0.25, -0.2) is 4.68 Å². The van der Waals surface area contributed by atoms with Crippen LogP contribution in [-0.4, -0.2) is 20.0 Å². The average Bonchev–Trinajstić information content (AvgIpc) is 3.40. The molecular weight excluding hydrogens is 394 g/mol. The minimum Gasteiger partial charge on any atom is -0.356 e. The van der Waals surface area contributed by atoms with Gasteiger partial charge in [0.25, 0.3) is 0 Å². The monoisotopic (exact) mass is 413 g/mol. The van der Waals surface area contributed by atoms with E-state index in [-0.39, 0.29) is 0 Å². The van der Waals surface area contributed by atoms with Crippen molar-refractivity contribution in [1.82, 2.24) is 20.0 Å². The normalized spacial score (nSPS) is 11.2. The smallest absolute Gasteiger partial charge is 0.210 e. The van der Waals surface area contributed by atoms with E-state index < -0.39 is 0 Å². The quantitative estimate of drug-likeness (QED) is 0.321. The number of fused-ring (bicyclic) bond motifs is 1. The zero-order valence-electron chi connectivity index (χ0n) is 16.1. The van der Waals surface area contributed by atoms with Crippen molar-refractivity contribution in [2.45, 2.75) is 17.3 Å². The van der Waals surface area contributed by atoms with Crippen molar-refractivity contribution in [2.24, 2.45) is 0 Å². The first-order chi connectivity index (χ1) is 14.8. The lowest BCUT2D eigenvalue weighted by molar-refractivity contribution is 0.426. The summed E-state index contributed by atoms with van der Waals surface area (Å²) in [4.78, 5) is 0. The van der Waals surface area contributed by atoms with Crippen molar-refractivity contribution in [3.8, 4) is 11.3 Å². The molecule has 3 aromatic carbocycles. The van der Waals surface area contributed by atoms with E-state index in [4.69, 9.17) is 10.4 Å². The summed E-state index contributed by atoms with van der Waals surface area (Å²) >= 11 is 1.49. The molecule has 0 amide bonds. The van der Waals surface area contributed by atoms with Crippen LogP contribution in [0.1, 0.15) is 17.1 Å². The molecule has 0 bridgehead atoms. The lowest BCUT2D eigenvalue weighted by atomic mass is 10.0. The first kappa shape index (κ1) is 18.4. The van der Waals surface area contributed by atoms with E-state index in [1.165, 1.54) is 28.1 Å². The minimum absolute atomic E-state index is 0.597. The highest BCUT2D eigenvalue weighted by atomic mass is 32.2. The predicted octanol–water partition coefficient (Wildman–Crippen LogP) is 4.68. The molecule has 0 aliphatic heterocycles. The molecule has 5 aromatic rings. The molecule has 2 heterocycles. The molecule has 0 unspecified atom stereocenters. The standard InChI is InChI=1S/C23H19N5OS/c24-28-22(13-18-11-6-10-16-7-4-5-12-20(16)18)25-26-23(28)30-15-19-14-21(29-27-19)17-8-2-1-3-9-17/h1-12,14H,13,15,24H2. The number of nitrogens with zero attached hydrogens (tertiary/aromatic N) is 4. The predicted molar refractivity (Wildman–Crippen MR) is 118 cm³/mol. The van der Waals surface area contributed by atoms with E-state index in [1.54, 1.807) is 4.68 Å². The molecule has 6 nitrogen and oxygen atoms in total. The Morgan fingerprint density at radius 1 is 0.900 bits per heavy atom. The van der Waals surface area contributed by atoms with Crippen LogP contribution in [0, 0.1) is 0 Å². The summed E-state index contributed by atoms with van der Waals surface area (Å²) in [5.41, 5.74) is 3.01. The summed E-state index contributed by atoms with van der Waals surface area (Å²) < 4.78 is 7.02. The third-order valence-electron chi connectivity index (χ3n) is 4.93. The molecule has 0 saturated carbocycles. The molecule has 30 heavy (non-hydrogen) atoms. The molecule has 2 aromatic heterocycles. The summed E-state index contributed by atoms with van der Waals surface area (Å²) in [7, 11) is 0. The van der Waals surface area contributed by atoms with Crippen LogP contribution in [0.15, 0.2) is 88.5 Å². The topological polar surface area (TPSA) is 82.8 Å². The number of aromatic nitrogens is 4. The molecule has 0 fully saturated rings. The third-order valence-corrected chi connectivity index (χ3v) is 5.91. The van der Waals surface area contributed by atoms with Crippen molar-refractivity contribution < 1.29 is 4.52 Å².